The minimum Gasteiger partial charge on any atom is -0.372 e. The van der Waals surface area contributed by atoms with Gasteiger partial charge in [-0.05, 0) is 65.5 Å². The van der Waals surface area contributed by atoms with Crippen LogP contribution in [-0.2, 0) is 19.6 Å². The zero-order chi connectivity index (χ0) is 23.6. The first-order valence-corrected chi connectivity index (χ1v) is 12.7. The second-order valence-corrected chi connectivity index (χ2v) is 11.5. The molecule has 32 heavy (non-hydrogen) atoms. The fraction of sp³-hybridized carbons (Fsp3) is 0.682. The molecule has 7 nitrogen and oxygen atoms in total. The molecule has 1 amide bonds. The van der Waals surface area contributed by atoms with Crippen molar-refractivity contribution in [3.8, 4) is 0 Å². The van der Waals surface area contributed by atoms with E-state index in [1.807, 2.05) is 13.8 Å². The van der Waals surface area contributed by atoms with Crippen molar-refractivity contribution in [2.45, 2.75) is 76.9 Å². The summed E-state index contributed by atoms with van der Waals surface area (Å²) in [6.45, 7) is 7.71. The summed E-state index contributed by atoms with van der Waals surface area (Å²) in [7, 11) is -3.36. The Kier molecular flexibility index (Phi) is 7.77. The SMILES string of the molecule is CC1CN(c2c(F)cc(NC(=O)C3CCC(NS(=O)(=O)C(C)C)CC3)cc2F)CC(C)O1. The van der Waals surface area contributed by atoms with Gasteiger partial charge in [0.25, 0.3) is 0 Å². The molecule has 2 aliphatic rings. The van der Waals surface area contributed by atoms with Crippen molar-refractivity contribution < 1.29 is 26.7 Å². The van der Waals surface area contributed by atoms with Crippen molar-refractivity contribution in [2.24, 2.45) is 5.92 Å². The first kappa shape index (κ1) is 24.9. The minimum absolute atomic E-state index is 0.0748. The van der Waals surface area contributed by atoms with Gasteiger partial charge in [0.05, 0.1) is 17.5 Å². The molecule has 2 atom stereocenters. The molecule has 0 aromatic heterocycles. The highest BCUT2D eigenvalue weighted by Crippen LogP contribution is 2.31. The average molecular weight is 474 g/mol. The first-order valence-electron chi connectivity index (χ1n) is 11.2. The Balaban J connectivity index is 1.60. The molecule has 1 saturated carbocycles. The van der Waals surface area contributed by atoms with Crippen molar-refractivity contribution in [3.05, 3.63) is 23.8 Å². The van der Waals surface area contributed by atoms with Crippen LogP contribution in [-0.4, -0.2) is 50.9 Å². The topological polar surface area (TPSA) is 87.7 Å². The number of sulfonamides is 1. The summed E-state index contributed by atoms with van der Waals surface area (Å²) in [5.74, 6) is -2.10. The van der Waals surface area contributed by atoms with E-state index in [1.54, 1.807) is 18.7 Å². The summed E-state index contributed by atoms with van der Waals surface area (Å²) in [6, 6.07) is 2.09. The number of nitrogens with one attached hydrogen (secondary N) is 2. The van der Waals surface area contributed by atoms with Gasteiger partial charge in [-0.15, -0.1) is 0 Å². The Morgan fingerprint density at radius 3 is 2.09 bits per heavy atom. The third-order valence-corrected chi connectivity index (χ3v) is 7.97. The standard InChI is InChI=1S/C22H33F2N3O4S/c1-13(2)32(29,30)26-17-7-5-16(6-8-17)22(28)25-18-9-19(23)21(20(24)10-18)27-11-14(3)31-15(4)12-27/h9-10,13-17,26H,5-8,11-12H2,1-4H3,(H,25,28). The molecule has 10 heteroatoms. The van der Waals surface area contributed by atoms with Crippen LogP contribution in [0.15, 0.2) is 12.1 Å². The first-order chi connectivity index (χ1) is 15.0. The van der Waals surface area contributed by atoms with Gasteiger partial charge in [0.15, 0.2) is 11.6 Å². The van der Waals surface area contributed by atoms with Crippen LogP contribution in [0.1, 0.15) is 53.4 Å². The van der Waals surface area contributed by atoms with Crippen molar-refractivity contribution in [3.63, 3.8) is 0 Å². The summed E-state index contributed by atoms with van der Waals surface area (Å²) in [6.07, 6.45) is 1.81. The van der Waals surface area contributed by atoms with Crippen LogP contribution < -0.4 is 14.9 Å². The highest BCUT2D eigenvalue weighted by atomic mass is 32.2. The molecular weight excluding hydrogens is 440 g/mol. The second-order valence-electron chi connectivity index (χ2n) is 9.20. The normalized spacial score (nSPS) is 26.9. The highest BCUT2D eigenvalue weighted by molar-refractivity contribution is 7.90. The predicted molar refractivity (Wildman–Crippen MR) is 120 cm³/mol. The predicted octanol–water partition coefficient (Wildman–Crippen LogP) is 3.40. The Bertz CT molecular complexity index is 900. The molecule has 1 saturated heterocycles. The van der Waals surface area contributed by atoms with Gasteiger partial charge in [-0.25, -0.2) is 21.9 Å². The lowest BCUT2D eigenvalue weighted by Crippen LogP contribution is -2.46. The van der Waals surface area contributed by atoms with Crippen molar-refractivity contribution >= 4 is 27.3 Å². The summed E-state index contributed by atoms with van der Waals surface area (Å²) in [4.78, 5) is 14.3. The molecule has 1 aliphatic heterocycles. The minimum atomic E-state index is -3.36. The number of carbonyl (C=O) groups excluding carboxylic acids is 1. The molecule has 0 spiro atoms. The third-order valence-electron chi connectivity index (χ3n) is 6.07. The zero-order valence-electron chi connectivity index (χ0n) is 19.0. The number of carbonyl (C=O) groups is 1. The molecule has 1 aromatic carbocycles. The number of rotatable bonds is 6. The van der Waals surface area contributed by atoms with Crippen LogP contribution in [0.3, 0.4) is 0 Å². The van der Waals surface area contributed by atoms with Crippen LogP contribution in [0, 0.1) is 17.6 Å². The summed E-state index contributed by atoms with van der Waals surface area (Å²) >= 11 is 0. The van der Waals surface area contributed by atoms with Crippen LogP contribution >= 0.6 is 0 Å². The molecule has 1 aromatic rings. The van der Waals surface area contributed by atoms with Crippen LogP contribution in [0.5, 0.6) is 0 Å². The van der Waals surface area contributed by atoms with Crippen LogP contribution in [0.25, 0.3) is 0 Å². The van der Waals surface area contributed by atoms with E-state index >= 15 is 0 Å². The monoisotopic (exact) mass is 473 g/mol. The van der Waals surface area contributed by atoms with Crippen LogP contribution in [0.4, 0.5) is 20.2 Å². The number of hydrogen-bond donors (Lipinski definition) is 2. The van der Waals surface area contributed by atoms with Gasteiger partial charge >= 0.3 is 0 Å². The molecule has 0 bridgehead atoms. The van der Waals surface area contributed by atoms with Gasteiger partial charge in [0.2, 0.25) is 15.9 Å². The van der Waals surface area contributed by atoms with Gasteiger partial charge in [-0.2, -0.15) is 0 Å². The number of halogens is 2. The molecule has 1 heterocycles. The van der Waals surface area contributed by atoms with E-state index < -0.39 is 26.9 Å². The molecule has 2 N–H and O–H groups in total. The summed E-state index contributed by atoms with van der Waals surface area (Å²) in [5.41, 5.74) is -0.0336. The van der Waals surface area contributed by atoms with Crippen molar-refractivity contribution in [1.29, 1.82) is 0 Å². The fourth-order valence-electron chi connectivity index (χ4n) is 4.39. The van der Waals surface area contributed by atoms with Crippen LogP contribution in [0.2, 0.25) is 0 Å². The largest absolute Gasteiger partial charge is 0.372 e. The maximum Gasteiger partial charge on any atom is 0.227 e. The van der Waals surface area contributed by atoms with E-state index in [-0.39, 0.29) is 41.4 Å². The Morgan fingerprint density at radius 2 is 1.59 bits per heavy atom. The molecule has 0 radical (unpaired) electrons. The summed E-state index contributed by atoms with van der Waals surface area (Å²) < 4.78 is 61.9. The van der Waals surface area contributed by atoms with E-state index in [1.165, 1.54) is 0 Å². The maximum absolute atomic E-state index is 14.8. The zero-order valence-corrected chi connectivity index (χ0v) is 19.8. The van der Waals surface area contributed by atoms with Gasteiger partial charge < -0.3 is 15.0 Å². The number of ether oxygens (including phenoxy) is 1. The Hall–Kier alpha value is -1.78. The van der Waals surface area contributed by atoms with E-state index in [4.69, 9.17) is 4.74 Å². The third kappa shape index (κ3) is 5.96. The average Bonchev–Trinajstić information content (AvgIpc) is 2.66. The number of anilines is 2. The number of amides is 1. The lowest BCUT2D eigenvalue weighted by Gasteiger charge is -2.37. The quantitative estimate of drug-likeness (QED) is 0.661. The van der Waals surface area contributed by atoms with E-state index in [9.17, 15) is 22.0 Å². The number of nitrogens with zero attached hydrogens (tertiary/aromatic N) is 1. The smallest absolute Gasteiger partial charge is 0.227 e. The lowest BCUT2D eigenvalue weighted by atomic mass is 9.86. The van der Waals surface area contributed by atoms with Gasteiger partial charge in [-0.3, -0.25) is 4.79 Å². The number of benzene rings is 1. The number of hydrogen-bond acceptors (Lipinski definition) is 5. The molecular formula is C22H33F2N3O4S. The van der Waals surface area contributed by atoms with Gasteiger partial charge in [0, 0.05) is 30.7 Å². The van der Waals surface area contributed by atoms with Gasteiger partial charge in [0.1, 0.15) is 5.69 Å². The molecule has 1 aliphatic carbocycles. The molecule has 2 unspecified atom stereocenters. The maximum atomic E-state index is 14.8. The number of morpholine rings is 1. The summed E-state index contributed by atoms with van der Waals surface area (Å²) in [5, 5.41) is 2.11. The van der Waals surface area contributed by atoms with E-state index in [2.05, 4.69) is 10.0 Å². The van der Waals surface area contributed by atoms with Gasteiger partial charge in [-0.1, -0.05) is 0 Å². The Morgan fingerprint density at radius 1 is 1.06 bits per heavy atom. The Labute approximate surface area is 188 Å². The molecule has 180 valence electrons. The van der Waals surface area contributed by atoms with E-state index in [0.29, 0.717) is 38.8 Å². The molecule has 2 fully saturated rings. The molecule has 3 rings (SSSR count). The van der Waals surface area contributed by atoms with Crippen molar-refractivity contribution in [1.82, 2.24) is 4.72 Å². The second kappa shape index (κ2) is 10.0. The van der Waals surface area contributed by atoms with E-state index in [0.717, 1.165) is 12.1 Å². The van der Waals surface area contributed by atoms with Crippen molar-refractivity contribution in [2.75, 3.05) is 23.3 Å². The highest BCUT2D eigenvalue weighted by Gasteiger charge is 2.31. The fourth-order valence-corrected chi connectivity index (χ4v) is 5.36. The lowest BCUT2D eigenvalue weighted by molar-refractivity contribution is -0.120.